The number of nitrogens with zero attached hydrogens (tertiary/aromatic N) is 1. The van der Waals surface area contributed by atoms with Gasteiger partial charge in [-0.3, -0.25) is 4.90 Å². The second-order valence-corrected chi connectivity index (χ2v) is 7.30. The molecule has 25 heavy (non-hydrogen) atoms. The highest BCUT2D eigenvalue weighted by molar-refractivity contribution is 6.31. The van der Waals surface area contributed by atoms with Crippen molar-refractivity contribution < 1.29 is 8.83 Å². The second kappa shape index (κ2) is 5.97. The van der Waals surface area contributed by atoms with E-state index in [1.165, 1.54) is 33.6 Å². The molecular weight excluding hydrogens is 336 g/mol. The molecule has 0 amide bonds. The number of rotatable bonds is 3. The van der Waals surface area contributed by atoms with Crippen LogP contribution in [0.2, 0.25) is 0 Å². The summed E-state index contributed by atoms with van der Waals surface area (Å²) in [4.78, 5) is 6.19. The predicted octanol–water partition coefficient (Wildman–Crippen LogP) is 4.87. The highest BCUT2D eigenvalue weighted by Crippen LogP contribution is 2.41. The SMILES string of the molecule is ClC1=Cc2c([nH]c3c2CCN(Cc2ccoc2)C3c2ccoc2)CC1. The van der Waals surface area contributed by atoms with Gasteiger partial charge in [-0.15, -0.1) is 0 Å². The molecule has 0 saturated carbocycles. The average Bonchev–Trinajstić information content (AvgIpc) is 3.35. The number of fused-ring (bicyclic) bond motifs is 3. The van der Waals surface area contributed by atoms with E-state index in [1.807, 2.05) is 18.6 Å². The topological polar surface area (TPSA) is 45.3 Å². The maximum atomic E-state index is 6.31. The van der Waals surface area contributed by atoms with Crippen molar-refractivity contribution in [2.24, 2.45) is 0 Å². The number of H-pyrrole nitrogens is 1. The number of aromatic nitrogens is 1. The van der Waals surface area contributed by atoms with Gasteiger partial charge in [0.05, 0.1) is 31.1 Å². The summed E-state index contributed by atoms with van der Waals surface area (Å²) >= 11 is 6.31. The molecular formula is C20H19ClN2O2. The molecule has 4 nitrogen and oxygen atoms in total. The van der Waals surface area contributed by atoms with Crippen LogP contribution in [0, 0.1) is 0 Å². The minimum absolute atomic E-state index is 0.162. The smallest absolute Gasteiger partial charge is 0.0954 e. The van der Waals surface area contributed by atoms with E-state index in [9.17, 15) is 0 Å². The third-order valence-electron chi connectivity index (χ3n) is 5.29. The van der Waals surface area contributed by atoms with Crippen LogP contribution in [0.4, 0.5) is 0 Å². The van der Waals surface area contributed by atoms with Crippen LogP contribution in [0.3, 0.4) is 0 Å². The molecule has 1 N–H and O–H groups in total. The fourth-order valence-corrected chi connectivity index (χ4v) is 4.35. The summed E-state index contributed by atoms with van der Waals surface area (Å²) < 4.78 is 10.6. The number of furan rings is 2. The molecule has 1 aliphatic heterocycles. The van der Waals surface area contributed by atoms with E-state index >= 15 is 0 Å². The van der Waals surface area contributed by atoms with Crippen LogP contribution in [-0.2, 0) is 19.4 Å². The summed E-state index contributed by atoms with van der Waals surface area (Å²) in [7, 11) is 0. The zero-order valence-corrected chi connectivity index (χ0v) is 14.6. The molecule has 5 heteroatoms. The molecule has 0 spiro atoms. The average molecular weight is 355 g/mol. The van der Waals surface area contributed by atoms with Crippen molar-refractivity contribution in [2.45, 2.75) is 31.8 Å². The Balaban J connectivity index is 1.59. The molecule has 3 aromatic heterocycles. The van der Waals surface area contributed by atoms with Gasteiger partial charge in [0, 0.05) is 40.6 Å². The van der Waals surface area contributed by atoms with Gasteiger partial charge in [-0.2, -0.15) is 0 Å². The lowest BCUT2D eigenvalue weighted by Gasteiger charge is -2.35. The van der Waals surface area contributed by atoms with Gasteiger partial charge in [-0.25, -0.2) is 0 Å². The second-order valence-electron chi connectivity index (χ2n) is 6.81. The number of nitrogens with one attached hydrogen (secondary N) is 1. The maximum Gasteiger partial charge on any atom is 0.0954 e. The Morgan fingerprint density at radius 2 is 2.00 bits per heavy atom. The van der Waals surface area contributed by atoms with Crippen molar-refractivity contribution in [2.75, 3.05) is 6.54 Å². The van der Waals surface area contributed by atoms with Crippen LogP contribution in [0.5, 0.6) is 0 Å². The van der Waals surface area contributed by atoms with E-state index in [0.29, 0.717) is 0 Å². The molecule has 1 atom stereocenters. The van der Waals surface area contributed by atoms with Gasteiger partial charge in [0.25, 0.3) is 0 Å². The van der Waals surface area contributed by atoms with Crippen molar-refractivity contribution in [1.82, 2.24) is 9.88 Å². The summed E-state index contributed by atoms with van der Waals surface area (Å²) in [5.74, 6) is 0. The van der Waals surface area contributed by atoms with Gasteiger partial charge in [0.15, 0.2) is 0 Å². The molecule has 3 aromatic rings. The van der Waals surface area contributed by atoms with Crippen LogP contribution in [-0.4, -0.2) is 16.4 Å². The molecule has 128 valence electrons. The lowest BCUT2D eigenvalue weighted by molar-refractivity contribution is 0.200. The van der Waals surface area contributed by atoms with E-state index in [2.05, 4.69) is 22.0 Å². The van der Waals surface area contributed by atoms with Crippen molar-refractivity contribution in [3.8, 4) is 0 Å². The number of allylic oxidation sites excluding steroid dienone is 1. The van der Waals surface area contributed by atoms with Gasteiger partial charge in [-0.05, 0) is 48.6 Å². The van der Waals surface area contributed by atoms with E-state index < -0.39 is 0 Å². The minimum Gasteiger partial charge on any atom is -0.472 e. The molecule has 2 aliphatic rings. The normalized spacial score (nSPS) is 20.2. The number of halogens is 1. The first-order valence-electron chi connectivity index (χ1n) is 8.66. The fourth-order valence-electron chi connectivity index (χ4n) is 4.14. The highest BCUT2D eigenvalue weighted by atomic mass is 35.5. The molecule has 5 rings (SSSR count). The Bertz CT molecular complexity index is 906. The molecule has 1 aliphatic carbocycles. The van der Waals surface area contributed by atoms with Gasteiger partial charge in [-0.1, -0.05) is 11.6 Å². The van der Waals surface area contributed by atoms with Crippen molar-refractivity contribution >= 4 is 17.7 Å². The first-order chi connectivity index (χ1) is 12.3. The van der Waals surface area contributed by atoms with Gasteiger partial charge >= 0.3 is 0 Å². The fraction of sp³-hybridized carbons (Fsp3) is 0.300. The van der Waals surface area contributed by atoms with E-state index in [-0.39, 0.29) is 6.04 Å². The minimum atomic E-state index is 0.162. The summed E-state index contributed by atoms with van der Waals surface area (Å²) in [6.45, 7) is 1.84. The molecule has 4 heterocycles. The summed E-state index contributed by atoms with van der Waals surface area (Å²) in [6, 6.07) is 4.25. The van der Waals surface area contributed by atoms with E-state index in [4.69, 9.17) is 20.4 Å². The highest BCUT2D eigenvalue weighted by Gasteiger charge is 2.34. The predicted molar refractivity (Wildman–Crippen MR) is 96.3 cm³/mol. The number of hydrogen-bond acceptors (Lipinski definition) is 3. The van der Waals surface area contributed by atoms with Crippen LogP contribution < -0.4 is 0 Å². The standard InChI is InChI=1S/C20H19ClN2O2/c21-15-1-2-18-17(9-15)16-3-6-23(10-13-4-7-24-11-13)20(19(16)22-18)14-5-8-25-12-14/h4-5,7-9,11-12,20,22H,1-3,6,10H2. The number of aryl methyl sites for hydroxylation is 1. The van der Waals surface area contributed by atoms with Crippen LogP contribution in [0.15, 0.2) is 51.1 Å². The number of aromatic amines is 1. The van der Waals surface area contributed by atoms with Crippen molar-refractivity contribution in [3.05, 3.63) is 75.9 Å². The lowest BCUT2D eigenvalue weighted by Crippen LogP contribution is -2.35. The number of hydrogen-bond donors (Lipinski definition) is 1. The van der Waals surface area contributed by atoms with E-state index in [1.54, 1.807) is 12.5 Å². The summed E-state index contributed by atoms with van der Waals surface area (Å²) in [6.07, 6.45) is 12.2. The quantitative estimate of drug-likeness (QED) is 0.729. The Kier molecular flexibility index (Phi) is 3.61. The molecule has 0 fully saturated rings. The monoisotopic (exact) mass is 354 g/mol. The Morgan fingerprint density at radius 1 is 1.12 bits per heavy atom. The van der Waals surface area contributed by atoms with Gasteiger partial charge in [0.2, 0.25) is 0 Å². The first-order valence-corrected chi connectivity index (χ1v) is 9.04. The summed E-state index contributed by atoms with van der Waals surface area (Å²) in [5.41, 5.74) is 7.68. The van der Waals surface area contributed by atoms with Crippen molar-refractivity contribution in [1.29, 1.82) is 0 Å². The zero-order chi connectivity index (χ0) is 16.8. The van der Waals surface area contributed by atoms with E-state index in [0.717, 1.165) is 37.4 Å². The van der Waals surface area contributed by atoms with Gasteiger partial charge in [0.1, 0.15) is 0 Å². The van der Waals surface area contributed by atoms with Crippen LogP contribution in [0.25, 0.3) is 6.08 Å². The van der Waals surface area contributed by atoms with Crippen LogP contribution in [0.1, 0.15) is 46.1 Å². The zero-order valence-electron chi connectivity index (χ0n) is 13.8. The largest absolute Gasteiger partial charge is 0.472 e. The molecule has 0 bridgehead atoms. The molecule has 1 unspecified atom stereocenters. The lowest BCUT2D eigenvalue weighted by atomic mass is 9.91. The van der Waals surface area contributed by atoms with Gasteiger partial charge < -0.3 is 13.8 Å². The maximum absolute atomic E-state index is 6.31. The first kappa shape index (κ1) is 15.1. The molecule has 0 saturated heterocycles. The molecule has 0 aromatic carbocycles. The summed E-state index contributed by atoms with van der Waals surface area (Å²) in [5, 5.41) is 0.954. The van der Waals surface area contributed by atoms with Crippen molar-refractivity contribution in [3.63, 3.8) is 0 Å². The Hall–Kier alpha value is -2.17. The third-order valence-corrected chi connectivity index (χ3v) is 5.59. The Morgan fingerprint density at radius 3 is 2.80 bits per heavy atom. The third kappa shape index (κ3) is 2.57. The Labute approximate surface area is 151 Å². The molecule has 0 radical (unpaired) electrons. The van der Waals surface area contributed by atoms with Crippen LogP contribution >= 0.6 is 11.6 Å².